The van der Waals surface area contributed by atoms with Crippen LogP contribution < -0.4 is 10.2 Å². The highest BCUT2D eigenvalue weighted by Crippen LogP contribution is 2.36. The summed E-state index contributed by atoms with van der Waals surface area (Å²) < 4.78 is 5.89. The first-order valence-corrected chi connectivity index (χ1v) is 22.2. The number of hydrogen-bond donors (Lipinski definition) is 3. The monoisotopic (exact) mass is 841 g/mol. The van der Waals surface area contributed by atoms with E-state index in [1.54, 1.807) is 28.4 Å². The van der Waals surface area contributed by atoms with Gasteiger partial charge in [0.15, 0.2) is 11.6 Å². The molecule has 9 rings (SSSR count). The number of likely N-dealkylation sites (tertiary alicyclic amines) is 2. The molecule has 6 aromatic rings. The summed E-state index contributed by atoms with van der Waals surface area (Å²) >= 11 is 1.61. The number of aromatic amines is 1. The molecule has 0 radical (unpaired) electrons. The van der Waals surface area contributed by atoms with Gasteiger partial charge >= 0.3 is 0 Å². The number of hydrogen-bond acceptors (Lipinski definition) is 11. The molecule has 3 amide bonds. The number of phenolic OH excluding ortho intramolecular Hbond substituents is 1. The van der Waals surface area contributed by atoms with Crippen LogP contribution in [-0.2, 0) is 14.4 Å². The average molecular weight is 842 g/mol. The van der Waals surface area contributed by atoms with Crippen LogP contribution in [0.1, 0.15) is 87.0 Å². The Hall–Kier alpha value is -6.09. The van der Waals surface area contributed by atoms with Gasteiger partial charge in [0.25, 0.3) is 0 Å². The number of para-hydroxylation sites is 1. The summed E-state index contributed by atoms with van der Waals surface area (Å²) in [5, 5.41) is 26.5. The molecule has 0 saturated carbocycles. The largest absolute Gasteiger partial charge is 0.507 e. The number of fused-ring (bicyclic) bond motifs is 1. The highest BCUT2D eigenvalue weighted by atomic mass is 32.1. The Morgan fingerprint density at radius 1 is 0.951 bits per heavy atom. The molecule has 14 nitrogen and oxygen atoms in total. The van der Waals surface area contributed by atoms with E-state index < -0.39 is 12.0 Å². The minimum Gasteiger partial charge on any atom is -0.507 e. The zero-order valence-electron chi connectivity index (χ0n) is 34.9. The van der Waals surface area contributed by atoms with E-state index in [1.165, 1.54) is 0 Å². The number of aromatic nitrogens is 5. The van der Waals surface area contributed by atoms with Crippen molar-refractivity contribution in [3.63, 3.8) is 0 Å². The fraction of sp³-hybridized carbons (Fsp3) is 0.413. The molecule has 3 N–H and O–H groups in total. The van der Waals surface area contributed by atoms with Crippen molar-refractivity contribution in [2.24, 2.45) is 11.8 Å². The van der Waals surface area contributed by atoms with Gasteiger partial charge in [-0.3, -0.25) is 14.4 Å². The fourth-order valence-corrected chi connectivity index (χ4v) is 9.96. The lowest BCUT2D eigenvalue weighted by Crippen LogP contribution is -2.52. The van der Waals surface area contributed by atoms with Crippen LogP contribution in [0.25, 0.3) is 32.7 Å². The molecule has 3 aliphatic heterocycles. The van der Waals surface area contributed by atoms with Crippen molar-refractivity contribution in [1.82, 2.24) is 40.4 Å². The first kappa shape index (κ1) is 40.3. The quantitative estimate of drug-likeness (QED) is 0.121. The number of aryl methyl sites for hydroxylation is 1. The van der Waals surface area contributed by atoms with Crippen LogP contribution in [0.2, 0.25) is 0 Å². The third-order valence-corrected chi connectivity index (χ3v) is 13.7. The Kier molecular flexibility index (Phi) is 11.1. The molecule has 3 aliphatic rings. The van der Waals surface area contributed by atoms with E-state index in [1.807, 2.05) is 80.6 Å². The lowest BCUT2D eigenvalue weighted by Gasteiger charge is -2.42. The SMILES string of the molecule is Cc1ncsc1-c1ccc([C@H](C)NC(=O)[C@H]2CCCN2C(=O)C(c2cc(N3CCC(C(=O)N4CC(c5cc6nnc(-c7ccccc7O)cc6[nH]5)C4)CC3)no2)C(C)C)cc1. The molecule has 3 saturated heterocycles. The highest BCUT2D eigenvalue weighted by Gasteiger charge is 2.41. The molecule has 7 heterocycles. The van der Waals surface area contributed by atoms with Gasteiger partial charge in [-0.15, -0.1) is 21.5 Å². The minimum atomic E-state index is -0.586. The summed E-state index contributed by atoms with van der Waals surface area (Å²) in [6.45, 7) is 11.1. The van der Waals surface area contributed by atoms with Crippen LogP contribution in [0.5, 0.6) is 5.75 Å². The Morgan fingerprint density at radius 2 is 1.72 bits per heavy atom. The number of anilines is 1. The van der Waals surface area contributed by atoms with Gasteiger partial charge < -0.3 is 34.6 Å². The van der Waals surface area contributed by atoms with Gasteiger partial charge in [0, 0.05) is 61.9 Å². The number of thiazole rings is 1. The molecule has 1 unspecified atom stereocenters. The standard InChI is InChI=1S/C46H51N9O5S/c1-26(2)42(46(59)55-17-7-9-38(55)44(57)48-27(3)29-11-13-30(14-12-29)43-28(4)47-25-61-43)40-22-41(52-60-40)53-18-15-31(16-19-53)45(58)54-23-32(24-54)34-20-37-36(49-34)21-35(50-51-37)33-8-5-6-10-39(33)56/h5-6,8,10-14,20-22,25-27,31-32,38,42,49,56H,7,9,15-19,23-24H2,1-4H3,(H,48,57)/t27-,38+,42?/m0/s1. The van der Waals surface area contributed by atoms with Crippen LogP contribution in [0.15, 0.2) is 76.8 Å². The summed E-state index contributed by atoms with van der Waals surface area (Å²) in [7, 11) is 0. The maximum absolute atomic E-state index is 14.3. The maximum Gasteiger partial charge on any atom is 0.243 e. The lowest BCUT2D eigenvalue weighted by atomic mass is 9.90. The van der Waals surface area contributed by atoms with Crippen molar-refractivity contribution in [3.05, 3.63) is 95.0 Å². The number of nitrogens with zero attached hydrogens (tertiary/aromatic N) is 7. The molecular formula is C46H51N9O5S. The highest BCUT2D eigenvalue weighted by molar-refractivity contribution is 7.13. The number of piperidine rings is 1. The Bertz CT molecular complexity index is 2550. The summed E-state index contributed by atoms with van der Waals surface area (Å²) in [5.74, 6) is 0.661. The number of benzene rings is 2. The third kappa shape index (κ3) is 7.98. The van der Waals surface area contributed by atoms with Crippen molar-refractivity contribution >= 4 is 45.9 Å². The molecule has 3 fully saturated rings. The van der Waals surface area contributed by atoms with E-state index in [-0.39, 0.29) is 47.3 Å². The van der Waals surface area contributed by atoms with Crippen molar-refractivity contribution in [1.29, 1.82) is 0 Å². The van der Waals surface area contributed by atoms with Gasteiger partial charge in [-0.2, -0.15) is 0 Å². The molecule has 3 atom stereocenters. The topological polar surface area (TPSA) is 174 Å². The van der Waals surface area contributed by atoms with Crippen molar-refractivity contribution in [2.45, 2.75) is 77.3 Å². The van der Waals surface area contributed by atoms with Gasteiger partial charge in [-0.1, -0.05) is 55.4 Å². The molecule has 0 bridgehead atoms. The first-order valence-electron chi connectivity index (χ1n) is 21.3. The van der Waals surface area contributed by atoms with Crippen LogP contribution in [0.4, 0.5) is 5.82 Å². The van der Waals surface area contributed by atoms with E-state index in [2.05, 4.69) is 47.7 Å². The molecule has 4 aromatic heterocycles. The van der Waals surface area contributed by atoms with Crippen molar-refractivity contribution < 1.29 is 24.0 Å². The van der Waals surface area contributed by atoms with E-state index in [0.717, 1.165) is 44.8 Å². The minimum absolute atomic E-state index is 0.0726. The number of carbonyl (C=O) groups excluding carboxylic acids is 3. The summed E-state index contributed by atoms with van der Waals surface area (Å²) in [4.78, 5) is 56.3. The zero-order valence-corrected chi connectivity index (χ0v) is 35.7. The number of nitrogens with one attached hydrogen (secondary N) is 2. The van der Waals surface area contributed by atoms with Crippen LogP contribution in [0.3, 0.4) is 0 Å². The maximum atomic E-state index is 14.3. The number of rotatable bonds is 11. The number of aromatic hydroxyl groups is 1. The second-order valence-electron chi connectivity index (χ2n) is 17.1. The molecule has 0 spiro atoms. The molecule has 0 aliphatic carbocycles. The van der Waals surface area contributed by atoms with Gasteiger partial charge in [0.1, 0.15) is 23.2 Å². The predicted molar refractivity (Wildman–Crippen MR) is 233 cm³/mol. The summed E-state index contributed by atoms with van der Waals surface area (Å²) in [6.07, 6.45) is 2.75. The number of H-pyrrole nitrogens is 1. The fourth-order valence-electron chi connectivity index (χ4n) is 9.14. The zero-order chi connectivity index (χ0) is 42.4. The molecule has 316 valence electrons. The van der Waals surface area contributed by atoms with Crippen molar-refractivity contribution in [3.8, 4) is 27.4 Å². The molecular weight excluding hydrogens is 791 g/mol. The van der Waals surface area contributed by atoms with Crippen molar-refractivity contribution in [2.75, 3.05) is 37.6 Å². The Labute approximate surface area is 358 Å². The lowest BCUT2D eigenvalue weighted by molar-refractivity contribution is -0.141. The second-order valence-corrected chi connectivity index (χ2v) is 17.9. The summed E-state index contributed by atoms with van der Waals surface area (Å²) in [5.41, 5.74) is 8.77. The van der Waals surface area contributed by atoms with E-state index in [9.17, 15) is 19.5 Å². The average Bonchev–Trinajstić information content (AvgIpc) is 4.08. The molecule has 15 heteroatoms. The first-order chi connectivity index (χ1) is 29.5. The van der Waals surface area contributed by atoms with E-state index >= 15 is 0 Å². The normalized spacial score (nSPS) is 18.4. The number of amides is 3. The van der Waals surface area contributed by atoms with Gasteiger partial charge in [-0.05, 0) is 80.8 Å². The van der Waals surface area contributed by atoms with E-state index in [0.29, 0.717) is 74.8 Å². The van der Waals surface area contributed by atoms with Gasteiger partial charge in [-0.25, -0.2) is 4.98 Å². The van der Waals surface area contributed by atoms with Crippen LogP contribution >= 0.6 is 11.3 Å². The second kappa shape index (κ2) is 16.8. The number of carbonyl (C=O) groups is 3. The summed E-state index contributed by atoms with van der Waals surface area (Å²) in [6, 6.07) is 20.2. The van der Waals surface area contributed by atoms with Crippen LogP contribution in [0, 0.1) is 18.8 Å². The third-order valence-electron chi connectivity index (χ3n) is 12.7. The predicted octanol–water partition coefficient (Wildman–Crippen LogP) is 7.20. The smallest absolute Gasteiger partial charge is 0.243 e. The van der Waals surface area contributed by atoms with Crippen LogP contribution in [-0.4, -0.2) is 96.7 Å². The molecule has 2 aromatic carbocycles. The molecule has 61 heavy (non-hydrogen) atoms. The van der Waals surface area contributed by atoms with Gasteiger partial charge in [0.05, 0.1) is 33.3 Å². The Morgan fingerprint density at radius 3 is 2.44 bits per heavy atom. The van der Waals surface area contributed by atoms with Gasteiger partial charge in [0.2, 0.25) is 17.7 Å². The Balaban J connectivity index is 0.775. The number of phenols is 1. The van der Waals surface area contributed by atoms with E-state index in [4.69, 9.17) is 4.52 Å².